The normalized spacial score (nSPS) is 24.4. The molecule has 0 amide bonds. The lowest BCUT2D eigenvalue weighted by molar-refractivity contribution is 0.280. The maximum atomic E-state index is 14.3. The van der Waals surface area contributed by atoms with Gasteiger partial charge in [0.15, 0.2) is 0 Å². The molecule has 21 heavy (non-hydrogen) atoms. The van der Waals surface area contributed by atoms with Crippen LogP contribution in [0.3, 0.4) is 0 Å². The molecule has 1 heterocycles. The van der Waals surface area contributed by atoms with Crippen LogP contribution in [0, 0.1) is 17.7 Å². The van der Waals surface area contributed by atoms with Gasteiger partial charge in [0.1, 0.15) is 5.82 Å². The first-order chi connectivity index (χ1) is 9.93. The average Bonchev–Trinajstić information content (AvgIpc) is 2.45. The Labute approximate surface area is 132 Å². The van der Waals surface area contributed by atoms with Gasteiger partial charge in [0.25, 0.3) is 0 Å². The van der Waals surface area contributed by atoms with Crippen LogP contribution in [0.1, 0.15) is 34.1 Å². The highest BCUT2D eigenvalue weighted by atomic mass is 35.5. The van der Waals surface area contributed by atoms with Gasteiger partial charge < -0.3 is 10.2 Å². The van der Waals surface area contributed by atoms with Crippen molar-refractivity contribution in [2.24, 2.45) is 11.8 Å². The van der Waals surface area contributed by atoms with E-state index in [-0.39, 0.29) is 5.82 Å². The Morgan fingerprint density at radius 2 is 2.10 bits per heavy atom. The van der Waals surface area contributed by atoms with Crippen LogP contribution < -0.4 is 10.2 Å². The van der Waals surface area contributed by atoms with Crippen molar-refractivity contribution in [3.63, 3.8) is 0 Å². The van der Waals surface area contributed by atoms with Crippen molar-refractivity contribution in [2.75, 3.05) is 18.0 Å². The highest BCUT2D eigenvalue weighted by molar-refractivity contribution is 6.30. The second-order valence-electron chi connectivity index (χ2n) is 6.46. The maximum absolute atomic E-state index is 14.3. The zero-order valence-corrected chi connectivity index (χ0v) is 14.1. The predicted octanol–water partition coefficient (Wildman–Crippen LogP) is 4.33. The first kappa shape index (κ1) is 16.6. The number of anilines is 1. The average molecular weight is 313 g/mol. The molecule has 1 fully saturated rings. The van der Waals surface area contributed by atoms with Gasteiger partial charge in [-0.3, -0.25) is 0 Å². The molecule has 2 rings (SSSR count). The van der Waals surface area contributed by atoms with Crippen LogP contribution in [-0.4, -0.2) is 25.2 Å². The Bertz CT molecular complexity index is 478. The molecular weight excluding hydrogens is 287 g/mol. The third kappa shape index (κ3) is 3.70. The van der Waals surface area contributed by atoms with E-state index in [4.69, 9.17) is 11.6 Å². The van der Waals surface area contributed by atoms with E-state index < -0.39 is 0 Å². The summed E-state index contributed by atoms with van der Waals surface area (Å²) in [6.07, 6.45) is 1.13. The van der Waals surface area contributed by atoms with Gasteiger partial charge in [0.2, 0.25) is 0 Å². The van der Waals surface area contributed by atoms with Crippen LogP contribution in [0.5, 0.6) is 0 Å². The van der Waals surface area contributed by atoms with Crippen LogP contribution >= 0.6 is 11.6 Å². The Morgan fingerprint density at radius 1 is 1.38 bits per heavy atom. The quantitative estimate of drug-likeness (QED) is 0.890. The van der Waals surface area contributed by atoms with Crippen LogP contribution in [0.4, 0.5) is 10.1 Å². The smallest absolute Gasteiger partial charge is 0.147 e. The lowest BCUT2D eigenvalue weighted by Crippen LogP contribution is -2.60. The molecular formula is C17H26ClFN2. The molecule has 1 saturated heterocycles. The van der Waals surface area contributed by atoms with Gasteiger partial charge in [-0.1, -0.05) is 45.7 Å². The number of hydrogen-bond acceptors (Lipinski definition) is 2. The van der Waals surface area contributed by atoms with E-state index in [1.54, 1.807) is 6.07 Å². The summed E-state index contributed by atoms with van der Waals surface area (Å²) in [7, 11) is 0. The lowest BCUT2D eigenvalue weighted by atomic mass is 9.91. The van der Waals surface area contributed by atoms with Crippen molar-refractivity contribution >= 4 is 17.3 Å². The number of rotatable bonds is 4. The third-order valence-electron chi connectivity index (χ3n) is 4.70. The highest BCUT2D eigenvalue weighted by Gasteiger charge is 2.33. The molecule has 4 heteroatoms. The summed E-state index contributed by atoms with van der Waals surface area (Å²) in [6, 6.07) is 5.71. The number of piperazine rings is 1. The minimum absolute atomic E-state index is 0.224. The molecule has 1 N–H and O–H groups in total. The lowest BCUT2D eigenvalue weighted by Gasteiger charge is -2.45. The number of benzene rings is 1. The van der Waals surface area contributed by atoms with E-state index >= 15 is 0 Å². The minimum Gasteiger partial charge on any atom is -0.363 e. The van der Waals surface area contributed by atoms with Crippen molar-refractivity contribution in [2.45, 2.75) is 46.2 Å². The number of nitrogens with zero attached hydrogens (tertiary/aromatic N) is 1. The van der Waals surface area contributed by atoms with Gasteiger partial charge in [-0.25, -0.2) is 4.39 Å². The predicted molar refractivity (Wildman–Crippen MR) is 88.6 cm³/mol. The molecule has 1 aromatic carbocycles. The minimum atomic E-state index is -0.224. The molecule has 1 aromatic rings. The van der Waals surface area contributed by atoms with E-state index in [0.29, 0.717) is 34.6 Å². The van der Waals surface area contributed by atoms with E-state index in [2.05, 4.69) is 37.9 Å². The molecule has 0 aromatic heterocycles. The van der Waals surface area contributed by atoms with Gasteiger partial charge in [0.05, 0.1) is 5.69 Å². The molecule has 3 unspecified atom stereocenters. The number of hydrogen-bond donors (Lipinski definition) is 1. The van der Waals surface area contributed by atoms with Crippen molar-refractivity contribution < 1.29 is 4.39 Å². The fraction of sp³-hybridized carbons (Fsp3) is 0.647. The van der Waals surface area contributed by atoms with E-state index in [0.717, 1.165) is 19.5 Å². The Morgan fingerprint density at radius 3 is 2.67 bits per heavy atom. The summed E-state index contributed by atoms with van der Waals surface area (Å²) in [5.74, 6) is 0.819. The second-order valence-corrected chi connectivity index (χ2v) is 6.90. The zero-order valence-electron chi connectivity index (χ0n) is 13.4. The summed E-state index contributed by atoms with van der Waals surface area (Å²) in [5, 5.41) is 4.09. The SMILES string of the molecule is CCC(C)C1CN(c2ccc(Cl)cc2F)C(C(C)C)CN1. The molecule has 1 aliphatic rings. The Kier molecular flexibility index (Phi) is 5.50. The van der Waals surface area contributed by atoms with Crippen molar-refractivity contribution in [1.82, 2.24) is 5.32 Å². The van der Waals surface area contributed by atoms with E-state index in [1.807, 2.05) is 6.07 Å². The topological polar surface area (TPSA) is 15.3 Å². The molecule has 2 nitrogen and oxygen atoms in total. The van der Waals surface area contributed by atoms with Crippen LogP contribution in [0.15, 0.2) is 18.2 Å². The van der Waals surface area contributed by atoms with Crippen molar-refractivity contribution in [3.05, 3.63) is 29.0 Å². The van der Waals surface area contributed by atoms with Crippen molar-refractivity contribution in [1.29, 1.82) is 0 Å². The van der Waals surface area contributed by atoms with Crippen LogP contribution in [0.25, 0.3) is 0 Å². The summed E-state index contributed by atoms with van der Waals surface area (Å²) in [4.78, 5) is 2.23. The number of halogens is 2. The summed E-state index contributed by atoms with van der Waals surface area (Å²) in [6.45, 7) is 10.6. The maximum Gasteiger partial charge on any atom is 0.147 e. The van der Waals surface area contributed by atoms with Crippen molar-refractivity contribution in [3.8, 4) is 0 Å². The van der Waals surface area contributed by atoms with Gasteiger partial charge in [0, 0.05) is 30.2 Å². The van der Waals surface area contributed by atoms with E-state index in [9.17, 15) is 4.39 Å². The van der Waals surface area contributed by atoms with Gasteiger partial charge in [-0.2, -0.15) is 0 Å². The summed E-state index contributed by atoms with van der Waals surface area (Å²) < 4.78 is 14.3. The zero-order chi connectivity index (χ0) is 15.6. The fourth-order valence-electron chi connectivity index (χ4n) is 3.05. The first-order valence-corrected chi connectivity index (χ1v) is 8.26. The Balaban J connectivity index is 2.29. The van der Waals surface area contributed by atoms with E-state index in [1.165, 1.54) is 6.07 Å². The van der Waals surface area contributed by atoms with Gasteiger partial charge >= 0.3 is 0 Å². The first-order valence-electron chi connectivity index (χ1n) is 7.89. The summed E-state index contributed by atoms with van der Waals surface area (Å²) >= 11 is 5.89. The van der Waals surface area contributed by atoms with Crippen LogP contribution in [0.2, 0.25) is 5.02 Å². The molecule has 0 saturated carbocycles. The Hall–Kier alpha value is -0.800. The molecule has 0 radical (unpaired) electrons. The third-order valence-corrected chi connectivity index (χ3v) is 4.94. The van der Waals surface area contributed by atoms with Crippen LogP contribution in [-0.2, 0) is 0 Å². The molecule has 0 spiro atoms. The second kappa shape index (κ2) is 6.97. The standard InChI is InChI=1S/C17H26ClFN2/c1-5-12(4)15-10-21(17(9-20-15)11(2)3)16-7-6-13(18)8-14(16)19/h6-8,11-12,15,17,20H,5,9-10H2,1-4H3. The van der Waals surface area contributed by atoms with Gasteiger partial charge in [-0.15, -0.1) is 0 Å². The molecule has 1 aliphatic heterocycles. The molecule has 0 aliphatic carbocycles. The largest absolute Gasteiger partial charge is 0.363 e. The number of nitrogens with one attached hydrogen (secondary N) is 1. The monoisotopic (exact) mass is 312 g/mol. The molecule has 118 valence electrons. The molecule has 3 atom stereocenters. The highest BCUT2D eigenvalue weighted by Crippen LogP contribution is 2.29. The molecule has 0 bridgehead atoms. The summed E-state index contributed by atoms with van der Waals surface area (Å²) in [5.41, 5.74) is 0.674. The fourth-order valence-corrected chi connectivity index (χ4v) is 3.21. The van der Waals surface area contributed by atoms with Gasteiger partial charge in [-0.05, 0) is 30.0 Å².